The molecule has 0 aliphatic carbocycles. The summed E-state index contributed by atoms with van der Waals surface area (Å²) in [5, 5.41) is 6.70. The number of anilines is 1. The van der Waals surface area contributed by atoms with Crippen LogP contribution < -0.4 is 10.1 Å². The maximum absolute atomic E-state index is 5.18. The number of nitrogens with zero attached hydrogens (tertiary/aromatic N) is 1. The number of benzene rings is 1. The van der Waals surface area contributed by atoms with E-state index in [1.54, 1.807) is 18.4 Å². The summed E-state index contributed by atoms with van der Waals surface area (Å²) in [6.45, 7) is 6.65. The second-order valence-corrected chi connectivity index (χ2v) is 6.47. The Kier molecular flexibility index (Phi) is 4.10. The molecule has 1 aromatic carbocycles. The van der Waals surface area contributed by atoms with Gasteiger partial charge >= 0.3 is 0 Å². The zero-order chi connectivity index (χ0) is 13.9. The molecule has 0 bridgehead atoms. The Balaban J connectivity index is 2.21. The standard InChI is InChI=1S/C15H20N2OS/c1-15(2,3)13(14-16-9-10-19-14)17-11-5-7-12(18-4)8-6-11/h5-10,13,17H,1-4H3/t13-/m1/s1. The summed E-state index contributed by atoms with van der Waals surface area (Å²) in [5.74, 6) is 0.868. The zero-order valence-electron chi connectivity index (χ0n) is 11.8. The molecular weight excluding hydrogens is 256 g/mol. The monoisotopic (exact) mass is 276 g/mol. The first kappa shape index (κ1) is 13.9. The molecule has 2 rings (SSSR count). The van der Waals surface area contributed by atoms with Crippen LogP contribution >= 0.6 is 11.3 Å². The van der Waals surface area contributed by atoms with Crippen LogP contribution in [0.4, 0.5) is 5.69 Å². The molecule has 0 fully saturated rings. The molecule has 0 aliphatic heterocycles. The van der Waals surface area contributed by atoms with Crippen LogP contribution in [-0.4, -0.2) is 12.1 Å². The predicted octanol–water partition coefficient (Wildman–Crippen LogP) is 4.35. The van der Waals surface area contributed by atoms with E-state index in [1.807, 2.05) is 35.8 Å². The van der Waals surface area contributed by atoms with Crippen LogP contribution in [0.3, 0.4) is 0 Å². The van der Waals surface area contributed by atoms with E-state index < -0.39 is 0 Å². The van der Waals surface area contributed by atoms with Gasteiger partial charge in [0.1, 0.15) is 10.8 Å². The number of methoxy groups -OCH3 is 1. The topological polar surface area (TPSA) is 34.1 Å². The Hall–Kier alpha value is -1.55. The molecule has 1 atom stereocenters. The van der Waals surface area contributed by atoms with Gasteiger partial charge in [0.15, 0.2) is 0 Å². The number of hydrogen-bond acceptors (Lipinski definition) is 4. The molecule has 102 valence electrons. The number of aromatic nitrogens is 1. The smallest absolute Gasteiger partial charge is 0.119 e. The van der Waals surface area contributed by atoms with Crippen LogP contribution in [0.15, 0.2) is 35.8 Å². The average molecular weight is 276 g/mol. The van der Waals surface area contributed by atoms with Crippen LogP contribution in [0, 0.1) is 5.41 Å². The normalized spacial score (nSPS) is 13.1. The average Bonchev–Trinajstić information content (AvgIpc) is 2.88. The number of ether oxygens (including phenoxy) is 1. The highest BCUT2D eigenvalue weighted by Gasteiger charge is 2.28. The van der Waals surface area contributed by atoms with E-state index in [1.165, 1.54) is 0 Å². The molecule has 0 spiro atoms. The van der Waals surface area contributed by atoms with Crippen LogP contribution in [0.25, 0.3) is 0 Å². The van der Waals surface area contributed by atoms with Crippen molar-refractivity contribution in [1.82, 2.24) is 4.98 Å². The molecule has 2 aromatic rings. The minimum Gasteiger partial charge on any atom is -0.497 e. The molecule has 0 radical (unpaired) electrons. The lowest BCUT2D eigenvalue weighted by Crippen LogP contribution is -2.25. The van der Waals surface area contributed by atoms with Crippen molar-refractivity contribution >= 4 is 17.0 Å². The lowest BCUT2D eigenvalue weighted by atomic mass is 9.87. The maximum atomic E-state index is 5.18. The first-order chi connectivity index (χ1) is 9.00. The van der Waals surface area contributed by atoms with Crippen molar-refractivity contribution in [2.45, 2.75) is 26.8 Å². The van der Waals surface area contributed by atoms with Crippen molar-refractivity contribution in [3.63, 3.8) is 0 Å². The molecule has 4 heteroatoms. The van der Waals surface area contributed by atoms with E-state index in [0.29, 0.717) is 0 Å². The minimum absolute atomic E-state index is 0.0950. The minimum atomic E-state index is 0.0950. The molecule has 0 unspecified atom stereocenters. The van der Waals surface area contributed by atoms with Gasteiger partial charge in [-0.3, -0.25) is 0 Å². The Morgan fingerprint density at radius 2 is 1.89 bits per heavy atom. The molecule has 0 saturated heterocycles. The summed E-state index contributed by atoms with van der Waals surface area (Å²) in [7, 11) is 1.68. The summed E-state index contributed by atoms with van der Waals surface area (Å²) in [6, 6.07) is 8.19. The van der Waals surface area contributed by atoms with Gasteiger partial charge in [-0.25, -0.2) is 4.98 Å². The van der Waals surface area contributed by atoms with Crippen molar-refractivity contribution in [1.29, 1.82) is 0 Å². The molecule has 3 nitrogen and oxygen atoms in total. The summed E-state index contributed by atoms with van der Waals surface area (Å²) in [4.78, 5) is 4.44. The van der Waals surface area contributed by atoms with E-state index in [0.717, 1.165) is 16.4 Å². The number of thiazole rings is 1. The van der Waals surface area contributed by atoms with Crippen LogP contribution in [0.5, 0.6) is 5.75 Å². The highest BCUT2D eigenvalue weighted by Crippen LogP contribution is 2.36. The summed E-state index contributed by atoms with van der Waals surface area (Å²) >= 11 is 1.69. The number of hydrogen-bond donors (Lipinski definition) is 1. The molecule has 19 heavy (non-hydrogen) atoms. The van der Waals surface area contributed by atoms with Crippen molar-refractivity contribution in [3.8, 4) is 5.75 Å². The molecular formula is C15H20N2OS. The zero-order valence-corrected chi connectivity index (χ0v) is 12.6. The van der Waals surface area contributed by atoms with Gasteiger partial charge in [0.2, 0.25) is 0 Å². The lowest BCUT2D eigenvalue weighted by molar-refractivity contribution is 0.346. The molecule has 1 aromatic heterocycles. The Bertz CT molecular complexity index is 500. The fourth-order valence-corrected chi connectivity index (χ4v) is 2.81. The van der Waals surface area contributed by atoms with Crippen molar-refractivity contribution in [2.75, 3.05) is 12.4 Å². The lowest BCUT2D eigenvalue weighted by Gasteiger charge is -2.30. The fraction of sp³-hybridized carbons (Fsp3) is 0.400. The van der Waals surface area contributed by atoms with Crippen LogP contribution in [-0.2, 0) is 0 Å². The second-order valence-electron chi connectivity index (χ2n) is 5.54. The van der Waals surface area contributed by atoms with Crippen molar-refractivity contribution < 1.29 is 4.74 Å². The van der Waals surface area contributed by atoms with Crippen molar-refractivity contribution in [3.05, 3.63) is 40.8 Å². The Morgan fingerprint density at radius 1 is 1.21 bits per heavy atom. The third-order valence-electron chi connectivity index (χ3n) is 2.97. The van der Waals surface area contributed by atoms with Gasteiger partial charge in [-0.1, -0.05) is 20.8 Å². The van der Waals surface area contributed by atoms with Gasteiger partial charge in [0, 0.05) is 17.3 Å². The molecule has 0 amide bonds. The molecule has 0 saturated carbocycles. The summed E-state index contributed by atoms with van der Waals surface area (Å²) in [5.41, 5.74) is 1.17. The maximum Gasteiger partial charge on any atom is 0.119 e. The van der Waals surface area contributed by atoms with Gasteiger partial charge in [-0.15, -0.1) is 11.3 Å². The van der Waals surface area contributed by atoms with Gasteiger partial charge in [0.05, 0.1) is 13.2 Å². The number of rotatable bonds is 4. The van der Waals surface area contributed by atoms with E-state index in [9.17, 15) is 0 Å². The quantitative estimate of drug-likeness (QED) is 0.901. The largest absolute Gasteiger partial charge is 0.497 e. The van der Waals surface area contributed by atoms with Crippen molar-refractivity contribution in [2.24, 2.45) is 5.41 Å². The Labute approximate surface area is 118 Å². The SMILES string of the molecule is COc1ccc(N[C@H](c2nccs2)C(C)(C)C)cc1. The van der Waals surface area contributed by atoms with Gasteiger partial charge < -0.3 is 10.1 Å². The third kappa shape index (κ3) is 3.47. The van der Waals surface area contributed by atoms with E-state index in [2.05, 4.69) is 31.1 Å². The van der Waals surface area contributed by atoms with E-state index in [-0.39, 0.29) is 11.5 Å². The van der Waals surface area contributed by atoms with Crippen LogP contribution in [0.1, 0.15) is 31.8 Å². The van der Waals surface area contributed by atoms with Crippen LogP contribution in [0.2, 0.25) is 0 Å². The molecule has 1 N–H and O–H groups in total. The van der Waals surface area contributed by atoms with E-state index >= 15 is 0 Å². The van der Waals surface area contributed by atoms with Gasteiger partial charge in [0.25, 0.3) is 0 Å². The fourth-order valence-electron chi connectivity index (χ4n) is 1.88. The summed E-state index contributed by atoms with van der Waals surface area (Å²) in [6.07, 6.45) is 1.86. The first-order valence-corrected chi connectivity index (χ1v) is 7.18. The predicted molar refractivity (Wildman–Crippen MR) is 80.9 cm³/mol. The molecule has 0 aliphatic rings. The van der Waals surface area contributed by atoms with Gasteiger partial charge in [-0.05, 0) is 29.7 Å². The molecule has 1 heterocycles. The number of nitrogens with one attached hydrogen (secondary N) is 1. The van der Waals surface area contributed by atoms with Gasteiger partial charge in [-0.2, -0.15) is 0 Å². The second kappa shape index (κ2) is 5.61. The highest BCUT2D eigenvalue weighted by atomic mass is 32.1. The van der Waals surface area contributed by atoms with E-state index in [4.69, 9.17) is 4.74 Å². The first-order valence-electron chi connectivity index (χ1n) is 6.30. The Morgan fingerprint density at radius 3 is 2.37 bits per heavy atom. The summed E-state index contributed by atoms with van der Waals surface area (Å²) < 4.78 is 5.18. The third-order valence-corrected chi connectivity index (χ3v) is 3.81. The highest BCUT2D eigenvalue weighted by molar-refractivity contribution is 7.09.